The SMILES string of the molecule is Cc1cn(Cc2ccccc2)c(C(=O)N2CCN(OC(=O)OC(C)(C)C)CC2)c1-c1ccc(Cl)cc1. The molecule has 0 radical (unpaired) electrons. The molecule has 0 bridgehead atoms. The van der Waals surface area contributed by atoms with E-state index in [1.54, 1.807) is 25.8 Å². The molecular weight excluding hydrogens is 478 g/mol. The summed E-state index contributed by atoms with van der Waals surface area (Å²) in [6.07, 6.45) is 1.30. The Bertz CT molecular complexity index is 1210. The second-order valence-corrected chi connectivity index (χ2v) is 10.4. The van der Waals surface area contributed by atoms with Crippen LogP contribution in [0.15, 0.2) is 60.8 Å². The molecule has 1 aliphatic rings. The Balaban J connectivity index is 1.57. The quantitative estimate of drug-likeness (QED) is 0.407. The predicted molar refractivity (Wildman–Crippen MR) is 140 cm³/mol. The number of amides is 1. The van der Waals surface area contributed by atoms with Crippen molar-refractivity contribution in [2.75, 3.05) is 26.2 Å². The number of hydrogen-bond donors (Lipinski definition) is 0. The molecule has 7 nitrogen and oxygen atoms in total. The normalized spacial score (nSPS) is 14.5. The summed E-state index contributed by atoms with van der Waals surface area (Å²) >= 11 is 6.13. The topological polar surface area (TPSA) is 64.0 Å². The van der Waals surface area contributed by atoms with Crippen LogP contribution in [0.2, 0.25) is 5.02 Å². The fourth-order valence-electron chi connectivity index (χ4n) is 4.32. The van der Waals surface area contributed by atoms with Gasteiger partial charge >= 0.3 is 6.16 Å². The monoisotopic (exact) mass is 509 g/mol. The van der Waals surface area contributed by atoms with Gasteiger partial charge in [0.15, 0.2) is 0 Å². The zero-order chi connectivity index (χ0) is 25.9. The van der Waals surface area contributed by atoms with Gasteiger partial charge in [-0.05, 0) is 56.5 Å². The van der Waals surface area contributed by atoms with Crippen molar-refractivity contribution in [1.82, 2.24) is 14.5 Å². The third-order valence-corrected chi connectivity index (χ3v) is 6.17. The molecule has 0 N–H and O–H groups in total. The predicted octanol–water partition coefficient (Wildman–Crippen LogP) is 5.79. The zero-order valence-corrected chi connectivity index (χ0v) is 21.9. The van der Waals surface area contributed by atoms with Crippen LogP contribution in [0.4, 0.5) is 4.79 Å². The molecule has 1 aromatic heterocycles. The Morgan fingerprint density at radius 1 is 0.944 bits per heavy atom. The molecular formula is C28H32ClN3O4. The Labute approximate surface area is 217 Å². The van der Waals surface area contributed by atoms with Crippen molar-refractivity contribution >= 4 is 23.7 Å². The summed E-state index contributed by atoms with van der Waals surface area (Å²) in [7, 11) is 0. The number of halogens is 1. The second kappa shape index (κ2) is 10.8. The second-order valence-electron chi connectivity index (χ2n) is 9.93. The van der Waals surface area contributed by atoms with E-state index in [1.807, 2.05) is 65.1 Å². The number of aryl methyl sites for hydroxylation is 1. The van der Waals surface area contributed by atoms with E-state index in [1.165, 1.54) is 0 Å². The van der Waals surface area contributed by atoms with Crippen LogP contribution in [0.3, 0.4) is 0 Å². The van der Waals surface area contributed by atoms with Gasteiger partial charge in [0, 0.05) is 36.4 Å². The summed E-state index contributed by atoms with van der Waals surface area (Å²) in [5.74, 6) is -0.0547. The number of piperazine rings is 1. The summed E-state index contributed by atoms with van der Waals surface area (Å²) in [4.78, 5) is 33.1. The number of rotatable bonds is 5. The van der Waals surface area contributed by atoms with E-state index in [-0.39, 0.29) is 5.91 Å². The fraction of sp³-hybridized carbons (Fsp3) is 0.357. The molecule has 8 heteroatoms. The lowest BCUT2D eigenvalue weighted by Crippen LogP contribution is -2.49. The van der Waals surface area contributed by atoms with Crippen LogP contribution in [-0.2, 0) is 16.1 Å². The first-order valence-corrected chi connectivity index (χ1v) is 12.4. The van der Waals surface area contributed by atoms with E-state index in [0.717, 1.165) is 22.3 Å². The van der Waals surface area contributed by atoms with Gasteiger partial charge in [0.1, 0.15) is 11.3 Å². The Morgan fingerprint density at radius 2 is 1.58 bits per heavy atom. The Hall–Kier alpha value is -3.29. The van der Waals surface area contributed by atoms with Crippen molar-refractivity contribution in [2.24, 2.45) is 0 Å². The largest absolute Gasteiger partial charge is 0.528 e. The van der Waals surface area contributed by atoms with Crippen LogP contribution in [0.5, 0.6) is 0 Å². The van der Waals surface area contributed by atoms with Crippen LogP contribution < -0.4 is 0 Å². The minimum Gasteiger partial charge on any atom is -0.427 e. The minimum atomic E-state index is -0.736. The van der Waals surface area contributed by atoms with Gasteiger partial charge in [-0.3, -0.25) is 4.79 Å². The van der Waals surface area contributed by atoms with Gasteiger partial charge in [0.25, 0.3) is 5.91 Å². The average Bonchev–Trinajstić information content (AvgIpc) is 3.14. The van der Waals surface area contributed by atoms with Crippen LogP contribution in [0.25, 0.3) is 11.1 Å². The van der Waals surface area contributed by atoms with Gasteiger partial charge in [-0.1, -0.05) is 54.1 Å². The number of carbonyl (C=O) groups is 2. The molecule has 1 fully saturated rings. The van der Waals surface area contributed by atoms with E-state index in [9.17, 15) is 9.59 Å². The highest BCUT2D eigenvalue weighted by Gasteiger charge is 2.30. The number of nitrogens with zero attached hydrogens (tertiary/aromatic N) is 3. The summed E-state index contributed by atoms with van der Waals surface area (Å²) in [6.45, 7) is 9.63. The third-order valence-electron chi connectivity index (χ3n) is 5.92. The highest BCUT2D eigenvalue weighted by molar-refractivity contribution is 6.30. The van der Waals surface area contributed by atoms with E-state index in [2.05, 4.69) is 12.1 Å². The molecule has 1 amide bonds. The molecule has 3 aromatic rings. The number of hydrogen-bond acceptors (Lipinski definition) is 5. The summed E-state index contributed by atoms with van der Waals surface area (Å²) in [6, 6.07) is 17.7. The van der Waals surface area contributed by atoms with E-state index in [4.69, 9.17) is 21.2 Å². The summed E-state index contributed by atoms with van der Waals surface area (Å²) in [5.41, 5.74) is 3.98. The molecule has 2 aromatic carbocycles. The van der Waals surface area contributed by atoms with E-state index in [0.29, 0.717) is 43.4 Å². The lowest BCUT2D eigenvalue weighted by atomic mass is 10.0. The smallest absolute Gasteiger partial charge is 0.427 e. The van der Waals surface area contributed by atoms with Crippen LogP contribution >= 0.6 is 11.6 Å². The van der Waals surface area contributed by atoms with Gasteiger partial charge in [0.05, 0.1) is 13.1 Å². The molecule has 0 spiro atoms. The van der Waals surface area contributed by atoms with Crippen molar-refractivity contribution in [1.29, 1.82) is 0 Å². The van der Waals surface area contributed by atoms with Gasteiger partial charge in [-0.25, -0.2) is 4.79 Å². The van der Waals surface area contributed by atoms with Crippen LogP contribution in [0, 0.1) is 6.92 Å². The highest BCUT2D eigenvalue weighted by Crippen LogP contribution is 2.32. The van der Waals surface area contributed by atoms with Crippen molar-refractivity contribution < 1.29 is 19.2 Å². The van der Waals surface area contributed by atoms with Crippen molar-refractivity contribution in [3.8, 4) is 11.1 Å². The average molecular weight is 510 g/mol. The first-order valence-electron chi connectivity index (χ1n) is 12.1. The molecule has 0 aliphatic carbocycles. The zero-order valence-electron chi connectivity index (χ0n) is 21.2. The third kappa shape index (κ3) is 6.28. The van der Waals surface area contributed by atoms with Gasteiger partial charge in [0.2, 0.25) is 0 Å². The molecule has 190 valence electrons. The molecule has 0 unspecified atom stereocenters. The molecule has 0 atom stereocenters. The molecule has 2 heterocycles. The van der Waals surface area contributed by atoms with E-state index >= 15 is 0 Å². The maximum Gasteiger partial charge on any atom is 0.528 e. The molecule has 1 saturated heterocycles. The van der Waals surface area contributed by atoms with Gasteiger partial charge < -0.3 is 19.0 Å². The molecule has 1 aliphatic heterocycles. The van der Waals surface area contributed by atoms with Crippen LogP contribution in [0.1, 0.15) is 42.4 Å². The molecule has 0 saturated carbocycles. The van der Waals surface area contributed by atoms with Crippen LogP contribution in [-0.4, -0.2) is 58.4 Å². The number of carbonyl (C=O) groups excluding carboxylic acids is 2. The number of aromatic nitrogens is 1. The van der Waals surface area contributed by atoms with Gasteiger partial charge in [-0.2, -0.15) is 0 Å². The fourth-order valence-corrected chi connectivity index (χ4v) is 4.44. The Morgan fingerprint density at radius 3 is 2.19 bits per heavy atom. The number of benzene rings is 2. The molecule has 36 heavy (non-hydrogen) atoms. The number of hydroxylamine groups is 2. The molecule has 4 rings (SSSR count). The van der Waals surface area contributed by atoms with E-state index < -0.39 is 11.8 Å². The first kappa shape index (κ1) is 25.8. The minimum absolute atomic E-state index is 0.0547. The maximum absolute atomic E-state index is 13.9. The standard InChI is InChI=1S/C28H32ClN3O4/c1-20-18-31(19-21-8-6-5-7-9-21)25(24(20)22-10-12-23(29)13-11-22)26(33)30-14-16-32(17-15-30)36-27(34)35-28(2,3)4/h5-13,18H,14-17,19H2,1-4H3. The lowest BCUT2D eigenvalue weighted by Gasteiger charge is -2.34. The highest BCUT2D eigenvalue weighted by atomic mass is 35.5. The Kier molecular flexibility index (Phi) is 7.71. The van der Waals surface area contributed by atoms with Gasteiger partial charge in [-0.15, -0.1) is 5.06 Å². The summed E-state index contributed by atoms with van der Waals surface area (Å²) < 4.78 is 7.26. The van der Waals surface area contributed by atoms with Crippen molar-refractivity contribution in [2.45, 2.75) is 39.8 Å². The lowest BCUT2D eigenvalue weighted by molar-refractivity contribution is -0.154. The number of ether oxygens (including phenoxy) is 1. The maximum atomic E-state index is 13.9. The van der Waals surface area contributed by atoms with Crippen molar-refractivity contribution in [3.05, 3.63) is 82.6 Å². The van der Waals surface area contributed by atoms with Crippen molar-refractivity contribution in [3.63, 3.8) is 0 Å². The summed E-state index contributed by atoms with van der Waals surface area (Å²) in [5, 5.41) is 2.20. The first-order chi connectivity index (χ1) is 17.1.